The molecule has 0 saturated heterocycles. The van der Waals surface area contributed by atoms with Crippen molar-refractivity contribution in [1.82, 2.24) is 25.1 Å². The van der Waals surface area contributed by atoms with E-state index < -0.39 is 0 Å². The van der Waals surface area contributed by atoms with Crippen LogP contribution in [0.15, 0.2) is 48.8 Å². The minimum atomic E-state index is 0. The van der Waals surface area contributed by atoms with E-state index in [0.29, 0.717) is 0 Å². The summed E-state index contributed by atoms with van der Waals surface area (Å²) >= 11 is 0. The molecule has 0 aliphatic carbocycles. The molecule has 132 valence electrons. The van der Waals surface area contributed by atoms with Gasteiger partial charge in [-0.05, 0) is 44.0 Å². The summed E-state index contributed by atoms with van der Waals surface area (Å²) in [6, 6.07) is 12.4. The van der Waals surface area contributed by atoms with Crippen LogP contribution in [-0.4, -0.2) is 26.3 Å². The third-order valence-electron chi connectivity index (χ3n) is 3.92. The average Bonchev–Trinajstić information content (AvgIpc) is 2.96. The van der Waals surface area contributed by atoms with Gasteiger partial charge in [-0.25, -0.2) is 9.67 Å². The molecular weight excluding hydrogens is 334 g/mol. The van der Waals surface area contributed by atoms with E-state index in [4.69, 9.17) is 0 Å². The lowest BCUT2D eigenvalue weighted by Gasteiger charge is -2.09. The molecule has 0 aliphatic rings. The van der Waals surface area contributed by atoms with Gasteiger partial charge in [0.1, 0.15) is 11.6 Å². The van der Waals surface area contributed by atoms with Gasteiger partial charge in [-0.2, -0.15) is 5.10 Å². The standard InChI is InChI=1S/C19H23N5.ClH/c1-15-13-21-12-10-18(15)24-19(22-16(2)23-24)9-6-11-20-14-17-7-4-3-5-8-17;/h3-5,7-8,10,12-13,20H,6,9,11,14H2,1-2H3;1H. The zero-order chi connectivity index (χ0) is 16.8. The number of aromatic nitrogens is 4. The third-order valence-corrected chi connectivity index (χ3v) is 3.92. The smallest absolute Gasteiger partial charge is 0.148 e. The Balaban J connectivity index is 0.00000225. The van der Waals surface area contributed by atoms with Gasteiger partial charge < -0.3 is 5.32 Å². The first-order valence-electron chi connectivity index (χ1n) is 8.32. The normalized spacial score (nSPS) is 10.5. The van der Waals surface area contributed by atoms with E-state index in [0.717, 1.165) is 48.8 Å². The second kappa shape index (κ2) is 9.30. The topological polar surface area (TPSA) is 55.6 Å². The van der Waals surface area contributed by atoms with Gasteiger partial charge in [0.05, 0.1) is 5.69 Å². The van der Waals surface area contributed by atoms with E-state index in [2.05, 4.69) is 44.6 Å². The van der Waals surface area contributed by atoms with Crippen LogP contribution >= 0.6 is 12.4 Å². The Morgan fingerprint density at radius 3 is 2.64 bits per heavy atom. The lowest BCUT2D eigenvalue weighted by atomic mass is 10.2. The number of halogens is 1. The van der Waals surface area contributed by atoms with Crippen molar-refractivity contribution in [1.29, 1.82) is 0 Å². The van der Waals surface area contributed by atoms with Crippen molar-refractivity contribution in [2.24, 2.45) is 0 Å². The molecule has 0 saturated carbocycles. The number of pyridine rings is 1. The second-order valence-corrected chi connectivity index (χ2v) is 5.92. The van der Waals surface area contributed by atoms with E-state index >= 15 is 0 Å². The summed E-state index contributed by atoms with van der Waals surface area (Å²) in [5.41, 5.74) is 3.47. The molecule has 0 unspecified atom stereocenters. The highest BCUT2D eigenvalue weighted by Gasteiger charge is 2.10. The predicted molar refractivity (Wildman–Crippen MR) is 102 cm³/mol. The highest BCUT2D eigenvalue weighted by molar-refractivity contribution is 5.85. The van der Waals surface area contributed by atoms with Crippen molar-refractivity contribution >= 4 is 12.4 Å². The summed E-state index contributed by atoms with van der Waals surface area (Å²) in [5, 5.41) is 8.03. The molecule has 3 aromatic rings. The van der Waals surface area contributed by atoms with E-state index in [1.165, 1.54) is 5.56 Å². The van der Waals surface area contributed by atoms with Gasteiger partial charge in [0.15, 0.2) is 0 Å². The Morgan fingerprint density at radius 1 is 1.08 bits per heavy atom. The lowest BCUT2D eigenvalue weighted by molar-refractivity contribution is 0.630. The Morgan fingerprint density at radius 2 is 1.88 bits per heavy atom. The molecule has 0 fully saturated rings. The zero-order valence-corrected chi connectivity index (χ0v) is 15.5. The van der Waals surface area contributed by atoms with Gasteiger partial charge in [0.25, 0.3) is 0 Å². The molecule has 2 heterocycles. The van der Waals surface area contributed by atoms with Gasteiger partial charge in [-0.15, -0.1) is 12.4 Å². The summed E-state index contributed by atoms with van der Waals surface area (Å²) in [5.74, 6) is 1.81. The predicted octanol–water partition coefficient (Wildman–Crippen LogP) is 3.42. The van der Waals surface area contributed by atoms with Crippen molar-refractivity contribution in [3.63, 3.8) is 0 Å². The van der Waals surface area contributed by atoms with E-state index in [9.17, 15) is 0 Å². The van der Waals surface area contributed by atoms with E-state index in [1.54, 1.807) is 6.20 Å². The Kier molecular flexibility index (Phi) is 7.10. The summed E-state index contributed by atoms with van der Waals surface area (Å²) in [4.78, 5) is 8.74. The van der Waals surface area contributed by atoms with E-state index in [-0.39, 0.29) is 12.4 Å². The van der Waals surface area contributed by atoms with Crippen molar-refractivity contribution in [3.05, 3.63) is 71.6 Å². The van der Waals surface area contributed by atoms with Crippen LogP contribution in [0.3, 0.4) is 0 Å². The number of hydrogen-bond acceptors (Lipinski definition) is 4. The Labute approximate surface area is 154 Å². The highest BCUT2D eigenvalue weighted by atomic mass is 35.5. The summed E-state index contributed by atoms with van der Waals surface area (Å²) in [7, 11) is 0. The number of benzene rings is 1. The largest absolute Gasteiger partial charge is 0.313 e. The average molecular weight is 358 g/mol. The maximum atomic E-state index is 4.59. The molecule has 5 nitrogen and oxygen atoms in total. The van der Waals surface area contributed by atoms with Gasteiger partial charge in [0, 0.05) is 25.4 Å². The first-order chi connectivity index (χ1) is 11.7. The highest BCUT2D eigenvalue weighted by Crippen LogP contribution is 2.14. The van der Waals surface area contributed by atoms with Crippen molar-refractivity contribution < 1.29 is 0 Å². The molecule has 0 radical (unpaired) electrons. The van der Waals surface area contributed by atoms with Gasteiger partial charge >= 0.3 is 0 Å². The maximum Gasteiger partial charge on any atom is 0.148 e. The molecule has 1 aromatic carbocycles. The van der Waals surface area contributed by atoms with Crippen molar-refractivity contribution in [3.8, 4) is 5.69 Å². The van der Waals surface area contributed by atoms with Crippen LogP contribution in [0, 0.1) is 13.8 Å². The lowest BCUT2D eigenvalue weighted by Crippen LogP contribution is -2.16. The number of aryl methyl sites for hydroxylation is 3. The van der Waals surface area contributed by atoms with Crippen LogP contribution in [0.4, 0.5) is 0 Å². The fourth-order valence-corrected chi connectivity index (χ4v) is 2.72. The molecule has 0 bridgehead atoms. The molecule has 0 amide bonds. The van der Waals surface area contributed by atoms with Crippen LogP contribution in [0.1, 0.15) is 29.2 Å². The fraction of sp³-hybridized carbons (Fsp3) is 0.316. The number of rotatable bonds is 7. The Bertz CT molecular complexity index is 786. The van der Waals surface area contributed by atoms with Crippen molar-refractivity contribution in [2.45, 2.75) is 33.2 Å². The molecule has 0 atom stereocenters. The molecule has 3 rings (SSSR count). The fourth-order valence-electron chi connectivity index (χ4n) is 2.72. The zero-order valence-electron chi connectivity index (χ0n) is 14.6. The molecule has 6 heteroatoms. The summed E-state index contributed by atoms with van der Waals surface area (Å²) < 4.78 is 1.95. The first kappa shape index (κ1) is 19.1. The minimum absolute atomic E-state index is 0. The maximum absolute atomic E-state index is 4.59. The van der Waals surface area contributed by atoms with Crippen LogP contribution < -0.4 is 5.32 Å². The van der Waals surface area contributed by atoms with Crippen LogP contribution in [-0.2, 0) is 13.0 Å². The van der Waals surface area contributed by atoms with Gasteiger partial charge in [0.2, 0.25) is 0 Å². The third kappa shape index (κ3) is 5.11. The molecule has 1 N–H and O–H groups in total. The molecule has 0 aliphatic heterocycles. The molecule has 0 spiro atoms. The first-order valence-corrected chi connectivity index (χ1v) is 8.32. The monoisotopic (exact) mass is 357 g/mol. The number of nitrogens with one attached hydrogen (secondary N) is 1. The van der Waals surface area contributed by atoms with Crippen molar-refractivity contribution in [2.75, 3.05) is 6.54 Å². The summed E-state index contributed by atoms with van der Waals surface area (Å²) in [6.45, 7) is 5.83. The second-order valence-electron chi connectivity index (χ2n) is 5.92. The van der Waals surface area contributed by atoms with Crippen LogP contribution in [0.25, 0.3) is 5.69 Å². The molecule has 25 heavy (non-hydrogen) atoms. The minimum Gasteiger partial charge on any atom is -0.313 e. The van der Waals surface area contributed by atoms with Gasteiger partial charge in [-0.1, -0.05) is 30.3 Å². The summed E-state index contributed by atoms with van der Waals surface area (Å²) in [6.07, 6.45) is 5.57. The number of hydrogen-bond donors (Lipinski definition) is 1. The molecular formula is C19H24ClN5. The van der Waals surface area contributed by atoms with Crippen LogP contribution in [0.5, 0.6) is 0 Å². The van der Waals surface area contributed by atoms with E-state index in [1.807, 2.05) is 36.9 Å². The quantitative estimate of drug-likeness (QED) is 0.658. The number of nitrogens with zero attached hydrogens (tertiary/aromatic N) is 4. The van der Waals surface area contributed by atoms with Gasteiger partial charge in [-0.3, -0.25) is 4.98 Å². The molecule has 2 aromatic heterocycles. The van der Waals surface area contributed by atoms with Crippen LogP contribution in [0.2, 0.25) is 0 Å². The SMILES string of the molecule is Cc1nc(CCCNCc2ccccc2)n(-c2ccncc2C)n1.Cl. The Hall–Kier alpha value is -2.24.